The van der Waals surface area contributed by atoms with E-state index in [4.69, 9.17) is 17.4 Å². The molecule has 3 nitrogen and oxygen atoms in total. The summed E-state index contributed by atoms with van der Waals surface area (Å²) in [5.74, 6) is 6.53. The highest BCUT2D eigenvalue weighted by atomic mass is 35.5. The van der Waals surface area contributed by atoms with Gasteiger partial charge in [-0.25, -0.2) is 4.98 Å². The Kier molecular flexibility index (Phi) is 2.25. The van der Waals surface area contributed by atoms with Crippen LogP contribution in [0.15, 0.2) is 11.6 Å². The Morgan fingerprint density at radius 1 is 1.50 bits per heavy atom. The van der Waals surface area contributed by atoms with Gasteiger partial charge in [0.25, 0.3) is 0 Å². The van der Waals surface area contributed by atoms with Crippen molar-refractivity contribution >= 4 is 22.9 Å². The standard InChI is InChI=1S/C9H10ClN3S/c1-5-3-13(11)9(12-5)7-4-14-8(10)6(7)2/h3-4H,11H2,1-2H3. The molecule has 14 heavy (non-hydrogen) atoms. The minimum absolute atomic E-state index is 0.767. The number of halogens is 1. The summed E-state index contributed by atoms with van der Waals surface area (Å²) in [6.45, 7) is 3.88. The molecule has 0 spiro atoms. The van der Waals surface area contributed by atoms with Crippen molar-refractivity contribution in [1.29, 1.82) is 0 Å². The van der Waals surface area contributed by atoms with Gasteiger partial charge < -0.3 is 5.84 Å². The lowest BCUT2D eigenvalue weighted by molar-refractivity contribution is 1.01. The average Bonchev–Trinajstić information content (AvgIpc) is 2.59. The smallest absolute Gasteiger partial charge is 0.159 e. The number of nitrogen functional groups attached to an aromatic ring is 1. The van der Waals surface area contributed by atoms with Gasteiger partial charge in [-0.2, -0.15) is 0 Å². The molecule has 0 fully saturated rings. The van der Waals surface area contributed by atoms with E-state index in [9.17, 15) is 0 Å². The Labute approximate surface area is 91.1 Å². The number of imidazole rings is 1. The molecule has 2 aromatic rings. The average molecular weight is 228 g/mol. The molecular weight excluding hydrogens is 218 g/mol. The molecule has 0 aromatic carbocycles. The third-order valence-electron chi connectivity index (χ3n) is 2.07. The number of aromatic nitrogens is 2. The Morgan fingerprint density at radius 3 is 2.64 bits per heavy atom. The second-order valence-corrected chi connectivity index (χ2v) is 4.64. The Bertz CT molecular complexity index is 472. The summed E-state index contributed by atoms with van der Waals surface area (Å²) in [4.78, 5) is 4.34. The van der Waals surface area contributed by atoms with Crippen LogP contribution in [0.3, 0.4) is 0 Å². The van der Waals surface area contributed by atoms with Crippen molar-refractivity contribution < 1.29 is 0 Å². The number of hydrogen-bond acceptors (Lipinski definition) is 3. The van der Waals surface area contributed by atoms with Crippen LogP contribution in [0.25, 0.3) is 11.4 Å². The zero-order chi connectivity index (χ0) is 10.3. The molecule has 74 valence electrons. The van der Waals surface area contributed by atoms with Gasteiger partial charge >= 0.3 is 0 Å². The van der Waals surface area contributed by atoms with Crippen LogP contribution in [-0.2, 0) is 0 Å². The summed E-state index contributed by atoms with van der Waals surface area (Å²) in [6, 6.07) is 0. The molecule has 0 aliphatic rings. The molecule has 0 bridgehead atoms. The van der Waals surface area contributed by atoms with Crippen LogP contribution in [0.1, 0.15) is 11.3 Å². The highest BCUT2D eigenvalue weighted by Gasteiger charge is 2.12. The molecule has 0 aliphatic carbocycles. The molecule has 0 radical (unpaired) electrons. The number of thiophene rings is 1. The topological polar surface area (TPSA) is 43.8 Å². The Balaban J connectivity index is 2.59. The Morgan fingerprint density at radius 2 is 2.21 bits per heavy atom. The minimum Gasteiger partial charge on any atom is -0.338 e. The van der Waals surface area contributed by atoms with Gasteiger partial charge in [0.15, 0.2) is 5.82 Å². The maximum Gasteiger partial charge on any atom is 0.159 e. The first-order chi connectivity index (χ1) is 6.59. The summed E-state index contributed by atoms with van der Waals surface area (Å²) in [5, 5.41) is 1.98. The first-order valence-corrected chi connectivity index (χ1v) is 5.40. The van der Waals surface area contributed by atoms with Gasteiger partial charge in [-0.05, 0) is 19.4 Å². The lowest BCUT2D eigenvalue weighted by atomic mass is 10.2. The van der Waals surface area contributed by atoms with Crippen LogP contribution >= 0.6 is 22.9 Å². The van der Waals surface area contributed by atoms with E-state index in [1.54, 1.807) is 6.20 Å². The van der Waals surface area contributed by atoms with Gasteiger partial charge in [0.2, 0.25) is 0 Å². The molecule has 5 heteroatoms. The molecule has 0 saturated carbocycles. The number of aryl methyl sites for hydroxylation is 1. The van der Waals surface area contributed by atoms with Crippen LogP contribution in [0.2, 0.25) is 4.34 Å². The quantitative estimate of drug-likeness (QED) is 0.762. The molecule has 0 atom stereocenters. The van der Waals surface area contributed by atoms with E-state index in [1.165, 1.54) is 16.0 Å². The Hall–Kier alpha value is -1.00. The van der Waals surface area contributed by atoms with Crippen molar-refractivity contribution in [2.24, 2.45) is 0 Å². The molecule has 2 rings (SSSR count). The first-order valence-electron chi connectivity index (χ1n) is 4.14. The van der Waals surface area contributed by atoms with Crippen molar-refractivity contribution in [3.05, 3.63) is 27.2 Å². The van der Waals surface area contributed by atoms with E-state index in [2.05, 4.69) is 4.98 Å². The summed E-state index contributed by atoms with van der Waals surface area (Å²) in [5.41, 5.74) is 2.95. The van der Waals surface area contributed by atoms with E-state index in [-0.39, 0.29) is 0 Å². The molecule has 0 amide bonds. The number of nitrogens with two attached hydrogens (primary N) is 1. The van der Waals surface area contributed by atoms with Gasteiger partial charge in [0, 0.05) is 17.1 Å². The van der Waals surface area contributed by atoms with E-state index < -0.39 is 0 Å². The van der Waals surface area contributed by atoms with Crippen molar-refractivity contribution in [3.63, 3.8) is 0 Å². The third kappa shape index (κ3) is 1.40. The third-order valence-corrected chi connectivity index (χ3v) is 3.49. The number of rotatable bonds is 1. The SMILES string of the molecule is Cc1cn(N)c(-c2csc(Cl)c2C)n1. The summed E-state index contributed by atoms with van der Waals surface area (Å²) < 4.78 is 2.32. The summed E-state index contributed by atoms with van der Waals surface area (Å²) in [7, 11) is 0. The molecule has 0 aliphatic heterocycles. The lowest BCUT2D eigenvalue weighted by Crippen LogP contribution is -2.08. The zero-order valence-electron chi connectivity index (χ0n) is 7.91. The highest BCUT2D eigenvalue weighted by Crippen LogP contribution is 2.33. The minimum atomic E-state index is 0.767. The highest BCUT2D eigenvalue weighted by molar-refractivity contribution is 7.15. The van der Waals surface area contributed by atoms with Crippen molar-refractivity contribution in [2.75, 3.05) is 5.84 Å². The van der Waals surface area contributed by atoms with E-state index >= 15 is 0 Å². The maximum atomic E-state index is 5.98. The fourth-order valence-corrected chi connectivity index (χ4v) is 2.35. The fourth-order valence-electron chi connectivity index (χ4n) is 1.33. The number of hydrogen-bond donors (Lipinski definition) is 1. The predicted molar refractivity (Wildman–Crippen MR) is 60.2 cm³/mol. The monoisotopic (exact) mass is 227 g/mol. The largest absolute Gasteiger partial charge is 0.338 e. The van der Waals surface area contributed by atoms with Crippen LogP contribution in [0.5, 0.6) is 0 Å². The van der Waals surface area contributed by atoms with Crippen LogP contribution in [0, 0.1) is 13.8 Å². The van der Waals surface area contributed by atoms with Crippen molar-refractivity contribution in [3.8, 4) is 11.4 Å². The summed E-state index contributed by atoms with van der Waals surface area (Å²) >= 11 is 7.48. The van der Waals surface area contributed by atoms with Crippen LogP contribution in [-0.4, -0.2) is 9.66 Å². The normalized spacial score (nSPS) is 10.8. The fraction of sp³-hybridized carbons (Fsp3) is 0.222. The van der Waals surface area contributed by atoms with E-state index in [1.807, 2.05) is 19.2 Å². The second-order valence-electron chi connectivity index (χ2n) is 3.16. The molecular formula is C9H10ClN3S. The van der Waals surface area contributed by atoms with Gasteiger partial charge in [-0.15, -0.1) is 11.3 Å². The van der Waals surface area contributed by atoms with Crippen LogP contribution < -0.4 is 5.84 Å². The molecule has 0 unspecified atom stereocenters. The van der Waals surface area contributed by atoms with Gasteiger partial charge in [0.05, 0.1) is 10.0 Å². The van der Waals surface area contributed by atoms with Crippen molar-refractivity contribution in [1.82, 2.24) is 9.66 Å². The second kappa shape index (κ2) is 3.29. The van der Waals surface area contributed by atoms with E-state index in [0.29, 0.717) is 0 Å². The zero-order valence-corrected chi connectivity index (χ0v) is 9.49. The molecule has 0 saturated heterocycles. The predicted octanol–water partition coefficient (Wildman–Crippen LogP) is 2.60. The maximum absolute atomic E-state index is 5.98. The lowest BCUT2D eigenvalue weighted by Gasteiger charge is -1.99. The van der Waals surface area contributed by atoms with E-state index in [0.717, 1.165) is 27.0 Å². The van der Waals surface area contributed by atoms with Crippen molar-refractivity contribution in [2.45, 2.75) is 13.8 Å². The van der Waals surface area contributed by atoms with Crippen LogP contribution in [0.4, 0.5) is 0 Å². The molecule has 2 aromatic heterocycles. The van der Waals surface area contributed by atoms with Gasteiger partial charge in [-0.3, -0.25) is 4.68 Å². The first kappa shape index (κ1) is 9.55. The number of nitrogens with zero attached hydrogens (tertiary/aromatic N) is 2. The van der Waals surface area contributed by atoms with Gasteiger partial charge in [0.1, 0.15) is 0 Å². The van der Waals surface area contributed by atoms with Gasteiger partial charge in [-0.1, -0.05) is 11.6 Å². The molecule has 2 heterocycles. The summed E-state index contributed by atoms with van der Waals surface area (Å²) in [6.07, 6.45) is 1.79. The molecule has 2 N–H and O–H groups in total.